The predicted octanol–water partition coefficient (Wildman–Crippen LogP) is 1.35. The molecule has 0 spiro atoms. The summed E-state index contributed by atoms with van der Waals surface area (Å²) in [6, 6.07) is 11.8. The summed E-state index contributed by atoms with van der Waals surface area (Å²) in [4.78, 5) is 18.3. The zero-order valence-electron chi connectivity index (χ0n) is 16.9. The van der Waals surface area contributed by atoms with Gasteiger partial charge in [0.25, 0.3) is 5.62 Å². The van der Waals surface area contributed by atoms with Crippen molar-refractivity contribution in [3.05, 3.63) is 66.4 Å². The number of hydrogen-bond acceptors (Lipinski definition) is 9. The summed E-state index contributed by atoms with van der Waals surface area (Å²) >= 11 is 0. The van der Waals surface area contributed by atoms with Crippen LogP contribution in [0.3, 0.4) is 0 Å². The number of anilines is 2. The molecule has 1 aromatic carbocycles. The molecule has 1 aliphatic heterocycles. The number of rotatable bonds is 4. The third-order valence-electron chi connectivity index (χ3n) is 4.88. The lowest BCUT2D eigenvalue weighted by Crippen LogP contribution is -2.28. The average molecular weight is 420 g/mol. The second-order valence-electron chi connectivity index (χ2n) is 7.04. The van der Waals surface area contributed by atoms with E-state index >= 15 is 0 Å². The highest BCUT2D eigenvalue weighted by Crippen LogP contribution is 2.17. The molecule has 4 aromatic rings. The van der Waals surface area contributed by atoms with E-state index < -0.39 is 0 Å². The molecule has 0 atom stereocenters. The van der Waals surface area contributed by atoms with Gasteiger partial charge in [-0.2, -0.15) is 4.98 Å². The molecule has 31 heavy (non-hydrogen) atoms. The molecule has 1 fully saturated rings. The van der Waals surface area contributed by atoms with Gasteiger partial charge in [-0.15, -0.1) is 4.73 Å². The third-order valence-corrected chi connectivity index (χ3v) is 4.88. The fourth-order valence-corrected chi connectivity index (χ4v) is 3.27. The number of imidazole rings is 1. The van der Waals surface area contributed by atoms with Crippen LogP contribution in [0.5, 0.6) is 0 Å². The summed E-state index contributed by atoms with van der Waals surface area (Å²) in [6.07, 6.45) is 7.21. The van der Waals surface area contributed by atoms with Gasteiger partial charge >= 0.3 is 0 Å². The Kier molecular flexibility index (Phi) is 5.92. The summed E-state index contributed by atoms with van der Waals surface area (Å²) in [6.45, 7) is 2.62. The van der Waals surface area contributed by atoms with Gasteiger partial charge in [-0.3, -0.25) is 5.41 Å². The van der Waals surface area contributed by atoms with E-state index in [-0.39, 0.29) is 11.4 Å². The monoisotopic (exact) mass is 420 g/mol. The maximum Gasteiger partial charge on any atom is 0.259 e. The normalized spacial score (nSPS) is 13.1. The van der Waals surface area contributed by atoms with E-state index in [9.17, 15) is 5.21 Å². The van der Waals surface area contributed by atoms with Crippen LogP contribution in [0.1, 0.15) is 18.4 Å². The minimum Gasteiger partial charge on any atom is -0.423 e. The number of hydrogen-bond donors (Lipinski definition) is 4. The van der Waals surface area contributed by atoms with E-state index in [1.807, 2.05) is 22.9 Å². The Morgan fingerprint density at radius 3 is 2.65 bits per heavy atom. The van der Waals surface area contributed by atoms with Crippen molar-refractivity contribution >= 4 is 22.8 Å². The Morgan fingerprint density at radius 1 is 1.13 bits per heavy atom. The molecule has 0 radical (unpaired) electrons. The smallest absolute Gasteiger partial charge is 0.259 e. The summed E-state index contributed by atoms with van der Waals surface area (Å²) in [5.74, 6) is 0.821. The first kappa shape index (κ1) is 20.1. The molecule has 0 unspecified atom stereocenters. The molecule has 160 valence electrons. The van der Waals surface area contributed by atoms with Gasteiger partial charge in [0.1, 0.15) is 29.8 Å². The highest BCUT2D eigenvalue weighted by atomic mass is 16.5. The number of nitrogens with zero attached hydrogens (tertiary/aromatic N) is 7. The van der Waals surface area contributed by atoms with Crippen LogP contribution in [0.4, 0.5) is 11.6 Å². The minimum absolute atomic E-state index is 0.145. The third kappa shape index (κ3) is 4.71. The van der Waals surface area contributed by atoms with Crippen molar-refractivity contribution in [1.82, 2.24) is 29.3 Å². The quantitative estimate of drug-likeness (QED) is 0.362. The number of aromatic nitrogens is 6. The van der Waals surface area contributed by atoms with Gasteiger partial charge in [0, 0.05) is 19.2 Å². The van der Waals surface area contributed by atoms with E-state index in [2.05, 4.69) is 42.4 Å². The van der Waals surface area contributed by atoms with Gasteiger partial charge in [0.05, 0.1) is 12.7 Å². The van der Waals surface area contributed by atoms with Crippen molar-refractivity contribution in [2.45, 2.75) is 19.4 Å². The molecule has 5 N–H and O–H groups in total. The molecule has 3 aromatic heterocycles. The Morgan fingerprint density at radius 2 is 1.90 bits per heavy atom. The Bertz CT molecular complexity index is 1200. The number of nitrogens with one attached hydrogen (secondary N) is 2. The molecule has 11 heteroatoms. The zero-order chi connectivity index (χ0) is 21.6. The summed E-state index contributed by atoms with van der Waals surface area (Å²) in [5.41, 5.74) is 11.3. The number of nitrogen functional groups attached to an aromatic ring is 1. The van der Waals surface area contributed by atoms with Gasteiger partial charge < -0.3 is 21.3 Å². The highest BCUT2D eigenvalue weighted by Gasteiger charge is 2.14. The van der Waals surface area contributed by atoms with Crippen LogP contribution in [0.2, 0.25) is 0 Å². The fraction of sp³-hybridized carbons (Fsp3) is 0.250. The van der Waals surface area contributed by atoms with Crippen LogP contribution >= 0.6 is 0 Å². The first-order valence-corrected chi connectivity index (χ1v) is 9.91. The maximum absolute atomic E-state index is 9.20. The van der Waals surface area contributed by atoms with Crippen molar-refractivity contribution in [2.75, 3.05) is 29.1 Å². The highest BCUT2D eigenvalue weighted by molar-refractivity contribution is 5.69. The Balaban J connectivity index is 0.000000152. The largest absolute Gasteiger partial charge is 0.423 e. The van der Waals surface area contributed by atoms with E-state index in [4.69, 9.17) is 11.1 Å². The molecule has 1 aliphatic rings. The minimum atomic E-state index is -0.230. The van der Waals surface area contributed by atoms with Crippen molar-refractivity contribution in [2.24, 2.45) is 0 Å². The molecule has 0 amide bonds. The molecule has 0 saturated carbocycles. The van der Waals surface area contributed by atoms with Crippen molar-refractivity contribution in [3.8, 4) is 0 Å². The number of nitrogens with two attached hydrogens (primary N) is 1. The first-order chi connectivity index (χ1) is 15.1. The van der Waals surface area contributed by atoms with E-state index in [1.165, 1.54) is 11.9 Å². The fourth-order valence-electron chi connectivity index (χ4n) is 3.27. The lowest BCUT2D eigenvalue weighted by molar-refractivity contribution is 0.171. The van der Waals surface area contributed by atoms with Gasteiger partial charge in [-0.25, -0.2) is 19.6 Å². The topological polar surface area (TPSA) is 147 Å². The summed E-state index contributed by atoms with van der Waals surface area (Å²) in [5, 5.41) is 16.6. The Hall–Kier alpha value is -4.15. The van der Waals surface area contributed by atoms with Gasteiger partial charge in [0.15, 0.2) is 5.65 Å². The molecule has 0 bridgehead atoms. The second-order valence-corrected chi connectivity index (χ2v) is 7.04. The molecule has 11 nitrogen and oxygen atoms in total. The lowest BCUT2D eigenvalue weighted by atomic mass is 10.2. The molecular formula is C20H24N10O. The lowest BCUT2D eigenvalue weighted by Gasteiger charge is -2.16. The number of benzene rings is 1. The zero-order valence-corrected chi connectivity index (χ0v) is 16.9. The first-order valence-electron chi connectivity index (χ1n) is 9.91. The van der Waals surface area contributed by atoms with E-state index in [1.54, 1.807) is 18.6 Å². The molecule has 4 heterocycles. The van der Waals surface area contributed by atoms with Crippen LogP contribution in [-0.2, 0) is 6.54 Å². The van der Waals surface area contributed by atoms with Crippen LogP contribution in [0.25, 0.3) is 11.2 Å². The van der Waals surface area contributed by atoms with E-state index in [0.717, 1.165) is 43.6 Å². The predicted molar refractivity (Wildman–Crippen MR) is 116 cm³/mol. The van der Waals surface area contributed by atoms with Crippen LogP contribution in [0, 0.1) is 5.41 Å². The van der Waals surface area contributed by atoms with Gasteiger partial charge in [-0.1, -0.05) is 30.3 Å². The Labute approximate surface area is 178 Å². The van der Waals surface area contributed by atoms with Gasteiger partial charge in [0.2, 0.25) is 0 Å². The standard InChI is InChI=1S/C12H11N5.C8H13N5O/c1-2-4-10(5-3-1)6-16-17-9-15-11-7-13-8-14-12(11)17;9-6-5-7(11-8(10)13(6)14)12-3-1-2-4-12/h1-5,7-9,16H,6H2;5,10,14H,1-4,9H2. The van der Waals surface area contributed by atoms with Crippen LogP contribution in [-0.4, -0.2) is 47.6 Å². The van der Waals surface area contributed by atoms with Crippen LogP contribution in [0.15, 0.2) is 55.2 Å². The van der Waals surface area contributed by atoms with Crippen LogP contribution < -0.4 is 21.7 Å². The van der Waals surface area contributed by atoms with Gasteiger partial charge in [-0.05, 0) is 18.4 Å². The average Bonchev–Trinajstić information content (AvgIpc) is 3.47. The van der Waals surface area contributed by atoms with Crippen molar-refractivity contribution < 1.29 is 5.21 Å². The second kappa shape index (κ2) is 9.11. The molecule has 0 aliphatic carbocycles. The summed E-state index contributed by atoms with van der Waals surface area (Å²) in [7, 11) is 0. The summed E-state index contributed by atoms with van der Waals surface area (Å²) < 4.78 is 2.38. The molecule has 5 rings (SSSR count). The maximum atomic E-state index is 9.20. The van der Waals surface area contributed by atoms with Crippen molar-refractivity contribution in [3.63, 3.8) is 0 Å². The molecular weight excluding hydrogens is 396 g/mol. The molecule has 1 saturated heterocycles. The SMILES string of the molecule is N=c1nc(N2CCCC2)cc(N)n1O.c1ccc(CNn2cnc3cncnc32)cc1. The van der Waals surface area contributed by atoms with Crippen molar-refractivity contribution in [1.29, 1.82) is 5.41 Å². The van der Waals surface area contributed by atoms with E-state index in [0.29, 0.717) is 10.5 Å². The number of fused-ring (bicyclic) bond motifs is 1.